The number of rotatable bonds is 5. The van der Waals surface area contributed by atoms with Crippen LogP contribution in [0.25, 0.3) is 0 Å². The number of alkyl halides is 1. The average molecular weight is 416 g/mol. The molecule has 0 heterocycles. The maximum atomic E-state index is 12.6. The maximum Gasteiger partial charge on any atom is 0.341 e. The number of halogens is 3. The Morgan fingerprint density at radius 1 is 1.09 bits per heavy atom. The van der Waals surface area contributed by atoms with Crippen molar-refractivity contribution in [2.75, 3.05) is 0 Å². The second-order valence-electron chi connectivity index (χ2n) is 4.36. The van der Waals surface area contributed by atoms with Gasteiger partial charge >= 0.3 is 5.97 Å². The summed E-state index contributed by atoms with van der Waals surface area (Å²) in [7, 11) is 0. The molecule has 2 rings (SSSR count). The Balaban J connectivity index is 2.46. The monoisotopic (exact) mass is 414 g/mol. The van der Waals surface area contributed by atoms with Gasteiger partial charge in [0.1, 0.15) is 0 Å². The number of hydrogen-bond donors (Lipinski definition) is 1. The quantitative estimate of drug-likeness (QED) is 0.318. The molecule has 0 amide bonds. The van der Waals surface area contributed by atoms with Gasteiger partial charge in [0.15, 0.2) is 5.78 Å². The smallest absolute Gasteiger partial charge is 0.341 e. The van der Waals surface area contributed by atoms with Crippen molar-refractivity contribution in [3.63, 3.8) is 0 Å². The summed E-state index contributed by atoms with van der Waals surface area (Å²) in [5.74, 6) is -1.57. The first-order valence-corrected chi connectivity index (χ1v) is 7.94. The van der Waals surface area contributed by atoms with E-state index < -0.39 is 10.9 Å². The van der Waals surface area contributed by atoms with Crippen molar-refractivity contribution in [2.45, 2.75) is 4.95 Å². The van der Waals surface area contributed by atoms with Crippen LogP contribution >= 0.6 is 39.1 Å². The molecule has 0 aromatic heterocycles. The zero-order chi connectivity index (χ0) is 17.0. The summed E-state index contributed by atoms with van der Waals surface area (Å²) in [5, 5.41) is 16.8. The van der Waals surface area contributed by atoms with Crippen LogP contribution in [-0.4, -0.2) is 21.8 Å². The highest BCUT2D eigenvalue weighted by Crippen LogP contribution is 2.29. The zero-order valence-electron chi connectivity index (χ0n) is 11.4. The van der Waals surface area contributed by atoms with E-state index in [4.69, 9.17) is 28.3 Å². The van der Waals surface area contributed by atoms with Gasteiger partial charge in [0.05, 0.1) is 16.3 Å². The van der Waals surface area contributed by atoms with E-state index in [0.29, 0.717) is 15.6 Å². The minimum Gasteiger partial charge on any atom is -0.479 e. The standard InChI is InChI=1S/C15H9BrCl2N2O3/c16-14(15(22)23)20-19-12-6-5-8(17)7-10(12)13(21)9-3-1-2-4-11(9)18/h1-7,14H,(H,22,23)/b20-19+. The summed E-state index contributed by atoms with van der Waals surface area (Å²) in [4.78, 5) is 22.2. The van der Waals surface area contributed by atoms with Crippen LogP contribution in [0.4, 0.5) is 5.69 Å². The van der Waals surface area contributed by atoms with Gasteiger partial charge in [0, 0.05) is 10.6 Å². The van der Waals surface area contributed by atoms with Crippen LogP contribution in [0.3, 0.4) is 0 Å². The molecule has 1 atom stereocenters. The lowest BCUT2D eigenvalue weighted by molar-refractivity contribution is -0.136. The second kappa shape index (κ2) is 7.68. The first-order chi connectivity index (χ1) is 10.9. The second-order valence-corrected chi connectivity index (χ2v) is 6.07. The van der Waals surface area contributed by atoms with E-state index in [-0.39, 0.29) is 17.0 Å². The molecule has 0 aliphatic heterocycles. The van der Waals surface area contributed by atoms with Gasteiger partial charge in [-0.1, -0.05) is 35.3 Å². The van der Waals surface area contributed by atoms with Crippen molar-refractivity contribution in [1.82, 2.24) is 0 Å². The molecule has 8 heteroatoms. The van der Waals surface area contributed by atoms with E-state index >= 15 is 0 Å². The topological polar surface area (TPSA) is 79.1 Å². The molecule has 0 saturated heterocycles. The molecule has 2 aromatic rings. The SMILES string of the molecule is O=C(c1ccccc1Cl)c1cc(Cl)ccc1/N=N/C(Br)C(=O)O. The summed E-state index contributed by atoms with van der Waals surface area (Å²) in [5.41, 5.74) is 0.672. The Labute approximate surface area is 150 Å². The van der Waals surface area contributed by atoms with Crippen LogP contribution in [0.2, 0.25) is 10.0 Å². The lowest BCUT2D eigenvalue weighted by atomic mass is 10.0. The molecule has 5 nitrogen and oxygen atoms in total. The van der Waals surface area contributed by atoms with E-state index in [1.165, 1.54) is 18.2 Å². The van der Waals surface area contributed by atoms with Crippen LogP contribution in [0.5, 0.6) is 0 Å². The molecule has 1 N–H and O–H groups in total. The van der Waals surface area contributed by atoms with Gasteiger partial charge in [-0.3, -0.25) is 4.79 Å². The molecule has 1 unspecified atom stereocenters. The molecule has 0 saturated carbocycles. The number of carboxylic acid groups (broad SMARTS) is 1. The van der Waals surface area contributed by atoms with Crippen LogP contribution in [-0.2, 0) is 4.79 Å². The molecule has 0 fully saturated rings. The molecule has 0 spiro atoms. The Bertz CT molecular complexity index is 796. The first kappa shape index (κ1) is 17.6. The third-order valence-electron chi connectivity index (χ3n) is 2.79. The predicted molar refractivity (Wildman–Crippen MR) is 91.2 cm³/mol. The van der Waals surface area contributed by atoms with Gasteiger partial charge in [0.2, 0.25) is 4.95 Å². The molecule has 118 valence electrons. The van der Waals surface area contributed by atoms with Crippen LogP contribution in [0.15, 0.2) is 52.7 Å². The summed E-state index contributed by atoms with van der Waals surface area (Å²) < 4.78 is 0. The summed E-state index contributed by atoms with van der Waals surface area (Å²) in [6.07, 6.45) is 0. The highest BCUT2D eigenvalue weighted by Gasteiger charge is 2.18. The fourth-order valence-electron chi connectivity index (χ4n) is 1.73. The number of ketones is 1. The van der Waals surface area contributed by atoms with E-state index in [2.05, 4.69) is 26.2 Å². The van der Waals surface area contributed by atoms with Gasteiger partial charge < -0.3 is 5.11 Å². The summed E-state index contributed by atoms with van der Waals surface area (Å²) >= 11 is 14.8. The zero-order valence-corrected chi connectivity index (χ0v) is 14.5. The molecular formula is C15H9BrCl2N2O3. The lowest BCUT2D eigenvalue weighted by Gasteiger charge is -2.07. The van der Waals surface area contributed by atoms with Crippen molar-refractivity contribution >= 4 is 56.6 Å². The Morgan fingerprint density at radius 3 is 2.43 bits per heavy atom. The number of carboxylic acids is 1. The number of hydrogen-bond acceptors (Lipinski definition) is 4. The number of carbonyl (C=O) groups excluding carboxylic acids is 1. The highest BCUT2D eigenvalue weighted by molar-refractivity contribution is 9.10. The first-order valence-electron chi connectivity index (χ1n) is 6.26. The van der Waals surface area contributed by atoms with Crippen LogP contribution in [0, 0.1) is 0 Å². The van der Waals surface area contributed by atoms with Crippen LogP contribution < -0.4 is 0 Å². The van der Waals surface area contributed by atoms with Crippen molar-refractivity contribution in [3.05, 3.63) is 63.6 Å². The van der Waals surface area contributed by atoms with Gasteiger partial charge in [0.25, 0.3) is 0 Å². The van der Waals surface area contributed by atoms with Crippen LogP contribution in [0.1, 0.15) is 15.9 Å². The average Bonchev–Trinajstić information content (AvgIpc) is 2.53. The van der Waals surface area contributed by atoms with Gasteiger partial charge in [-0.2, -0.15) is 10.2 Å². The normalized spacial score (nSPS) is 12.3. The third-order valence-corrected chi connectivity index (χ3v) is 3.93. The minimum atomic E-state index is -1.21. The molecule has 2 aromatic carbocycles. The van der Waals surface area contributed by atoms with Gasteiger partial charge in [-0.05, 0) is 46.3 Å². The molecule has 0 radical (unpaired) electrons. The molecule has 0 aliphatic rings. The Morgan fingerprint density at radius 2 is 1.78 bits per heavy atom. The molecule has 0 bridgehead atoms. The van der Waals surface area contributed by atoms with Crippen molar-refractivity contribution in [3.8, 4) is 0 Å². The highest BCUT2D eigenvalue weighted by atomic mass is 79.9. The largest absolute Gasteiger partial charge is 0.479 e. The number of aliphatic carboxylic acids is 1. The summed E-state index contributed by atoms with van der Waals surface area (Å²) in [6, 6.07) is 11.0. The van der Waals surface area contributed by atoms with Crippen molar-refractivity contribution in [2.24, 2.45) is 10.2 Å². The fourth-order valence-corrected chi connectivity index (χ4v) is 2.22. The molecule has 23 heavy (non-hydrogen) atoms. The van der Waals surface area contributed by atoms with E-state index in [1.807, 2.05) is 0 Å². The predicted octanol–water partition coefficient (Wildman–Crippen LogP) is 5.11. The van der Waals surface area contributed by atoms with Crippen molar-refractivity contribution < 1.29 is 14.7 Å². The Hall–Kier alpha value is -1.76. The van der Waals surface area contributed by atoms with Gasteiger partial charge in [-0.25, -0.2) is 4.79 Å². The minimum absolute atomic E-state index is 0.180. The fraction of sp³-hybridized carbons (Fsp3) is 0.0667. The third kappa shape index (κ3) is 4.37. The molecule has 0 aliphatic carbocycles. The van der Waals surface area contributed by atoms with E-state index in [0.717, 1.165) is 0 Å². The maximum absolute atomic E-state index is 12.6. The molecular weight excluding hydrogens is 407 g/mol. The van der Waals surface area contributed by atoms with Crippen molar-refractivity contribution in [1.29, 1.82) is 0 Å². The lowest BCUT2D eigenvalue weighted by Crippen LogP contribution is -2.08. The number of carbonyl (C=O) groups is 2. The number of azo groups is 1. The van der Waals surface area contributed by atoms with E-state index in [1.54, 1.807) is 24.3 Å². The van der Waals surface area contributed by atoms with E-state index in [9.17, 15) is 9.59 Å². The number of nitrogens with zero attached hydrogens (tertiary/aromatic N) is 2. The summed E-state index contributed by atoms with van der Waals surface area (Å²) in [6.45, 7) is 0. The Kier molecular flexibility index (Phi) is 5.87. The number of benzene rings is 2. The van der Waals surface area contributed by atoms with Gasteiger partial charge in [-0.15, -0.1) is 0 Å².